The fourth-order valence-electron chi connectivity index (χ4n) is 5.65. The van der Waals surface area contributed by atoms with Crippen molar-refractivity contribution in [1.29, 1.82) is 0 Å². The van der Waals surface area contributed by atoms with Gasteiger partial charge in [0.1, 0.15) is 0 Å². The van der Waals surface area contributed by atoms with Gasteiger partial charge in [-0.1, -0.05) is 37.6 Å². The molecule has 2 bridgehead atoms. The van der Waals surface area contributed by atoms with E-state index in [4.69, 9.17) is 0 Å². The van der Waals surface area contributed by atoms with Gasteiger partial charge in [0.05, 0.1) is 0 Å². The molecule has 1 aromatic rings. The van der Waals surface area contributed by atoms with Crippen LogP contribution in [0.25, 0.3) is 0 Å². The van der Waals surface area contributed by atoms with E-state index in [0.29, 0.717) is 6.04 Å². The van der Waals surface area contributed by atoms with Gasteiger partial charge in [0.2, 0.25) is 0 Å². The van der Waals surface area contributed by atoms with Crippen LogP contribution in [0.2, 0.25) is 0 Å². The van der Waals surface area contributed by atoms with Crippen molar-refractivity contribution in [3.05, 3.63) is 35.4 Å². The van der Waals surface area contributed by atoms with E-state index < -0.39 is 0 Å². The second-order valence-corrected chi connectivity index (χ2v) is 7.68. The van der Waals surface area contributed by atoms with Crippen LogP contribution in [0, 0.1) is 17.8 Å². The summed E-state index contributed by atoms with van der Waals surface area (Å²) in [6.07, 6.45) is 10.2. The van der Waals surface area contributed by atoms with Crippen LogP contribution in [0.15, 0.2) is 24.3 Å². The smallest absolute Gasteiger partial charge is 0.0139 e. The number of hydrogen-bond acceptors (Lipinski definition) is 1. The molecule has 5 unspecified atom stereocenters. The van der Waals surface area contributed by atoms with E-state index in [9.17, 15) is 0 Å². The fourth-order valence-corrected chi connectivity index (χ4v) is 5.65. The molecule has 1 heteroatoms. The van der Waals surface area contributed by atoms with Gasteiger partial charge in [-0.3, -0.25) is 0 Å². The molecule has 3 aliphatic rings. The standard InChI is InChI=1S/C20H29N/c1-2-21-20(13-17-12-14-7-8-16(17)11-14)19-10-9-15-5-3-4-6-18(15)19/h3-6,14,16-17,19-21H,2,7-13H2,1H3. The van der Waals surface area contributed by atoms with Gasteiger partial charge in [0.25, 0.3) is 0 Å². The quantitative estimate of drug-likeness (QED) is 0.837. The molecule has 0 heterocycles. The molecule has 1 aromatic carbocycles. The van der Waals surface area contributed by atoms with Crippen molar-refractivity contribution in [1.82, 2.24) is 5.32 Å². The summed E-state index contributed by atoms with van der Waals surface area (Å²) >= 11 is 0. The SMILES string of the molecule is CCNC(CC1CC2CCC1C2)C1CCc2ccccc21. The van der Waals surface area contributed by atoms with Crippen LogP contribution >= 0.6 is 0 Å². The van der Waals surface area contributed by atoms with Crippen LogP contribution in [0.5, 0.6) is 0 Å². The third kappa shape index (κ3) is 2.54. The molecule has 0 spiro atoms. The summed E-state index contributed by atoms with van der Waals surface area (Å²) in [6, 6.07) is 9.88. The number of nitrogens with one attached hydrogen (secondary N) is 1. The lowest BCUT2D eigenvalue weighted by Gasteiger charge is -2.31. The minimum absolute atomic E-state index is 0.711. The number of rotatable bonds is 5. The van der Waals surface area contributed by atoms with E-state index in [-0.39, 0.29) is 0 Å². The van der Waals surface area contributed by atoms with Crippen LogP contribution < -0.4 is 5.32 Å². The number of benzene rings is 1. The fraction of sp³-hybridized carbons (Fsp3) is 0.700. The largest absolute Gasteiger partial charge is 0.314 e. The Balaban J connectivity index is 1.50. The van der Waals surface area contributed by atoms with Gasteiger partial charge in [-0.15, -0.1) is 0 Å². The molecule has 114 valence electrons. The third-order valence-corrected chi connectivity index (χ3v) is 6.57. The molecule has 0 amide bonds. The minimum Gasteiger partial charge on any atom is -0.314 e. The van der Waals surface area contributed by atoms with Crippen molar-refractivity contribution >= 4 is 0 Å². The first kappa shape index (κ1) is 13.8. The van der Waals surface area contributed by atoms with Crippen molar-refractivity contribution in [2.75, 3.05) is 6.54 Å². The molecule has 5 atom stereocenters. The summed E-state index contributed by atoms with van der Waals surface area (Å²) < 4.78 is 0. The highest BCUT2D eigenvalue weighted by molar-refractivity contribution is 5.36. The molecule has 0 aromatic heterocycles. The Labute approximate surface area is 129 Å². The Hall–Kier alpha value is -0.820. The van der Waals surface area contributed by atoms with Crippen molar-refractivity contribution in [3.63, 3.8) is 0 Å². The van der Waals surface area contributed by atoms with Crippen LogP contribution in [-0.4, -0.2) is 12.6 Å². The summed E-state index contributed by atoms with van der Waals surface area (Å²) in [5.74, 6) is 3.92. The Bertz CT molecular complexity index is 494. The van der Waals surface area contributed by atoms with Crippen molar-refractivity contribution in [2.24, 2.45) is 17.8 Å². The number of likely N-dealkylation sites (N-methyl/N-ethyl adjacent to an activating group) is 1. The lowest BCUT2D eigenvalue weighted by atomic mass is 9.80. The lowest BCUT2D eigenvalue weighted by Crippen LogP contribution is -2.36. The van der Waals surface area contributed by atoms with E-state index in [0.717, 1.165) is 30.2 Å². The number of hydrogen-bond donors (Lipinski definition) is 1. The first-order chi connectivity index (χ1) is 10.3. The highest BCUT2D eigenvalue weighted by Gasteiger charge is 2.41. The molecule has 2 saturated carbocycles. The minimum atomic E-state index is 0.711. The molecule has 0 radical (unpaired) electrons. The van der Waals surface area contributed by atoms with Crippen molar-refractivity contribution < 1.29 is 0 Å². The topological polar surface area (TPSA) is 12.0 Å². The average Bonchev–Trinajstić information content (AvgIpc) is 3.21. The second-order valence-electron chi connectivity index (χ2n) is 7.68. The molecule has 0 aliphatic heterocycles. The Morgan fingerprint density at radius 1 is 1.14 bits per heavy atom. The molecule has 2 fully saturated rings. The average molecular weight is 283 g/mol. The summed E-state index contributed by atoms with van der Waals surface area (Å²) in [4.78, 5) is 0. The van der Waals surface area contributed by atoms with Crippen LogP contribution in [0.4, 0.5) is 0 Å². The zero-order valence-electron chi connectivity index (χ0n) is 13.4. The van der Waals surface area contributed by atoms with E-state index >= 15 is 0 Å². The highest BCUT2D eigenvalue weighted by Crippen LogP contribution is 2.51. The van der Waals surface area contributed by atoms with Crippen LogP contribution in [-0.2, 0) is 6.42 Å². The maximum absolute atomic E-state index is 3.85. The Kier molecular flexibility index (Phi) is 3.79. The monoisotopic (exact) mass is 283 g/mol. The van der Waals surface area contributed by atoms with Gasteiger partial charge in [-0.2, -0.15) is 0 Å². The second kappa shape index (κ2) is 5.76. The molecule has 3 aliphatic carbocycles. The predicted molar refractivity (Wildman–Crippen MR) is 88.5 cm³/mol. The summed E-state index contributed by atoms with van der Waals surface area (Å²) in [5, 5.41) is 3.85. The highest BCUT2D eigenvalue weighted by atomic mass is 14.9. The first-order valence-electron chi connectivity index (χ1n) is 9.16. The van der Waals surface area contributed by atoms with Gasteiger partial charge in [0, 0.05) is 6.04 Å². The summed E-state index contributed by atoms with van der Waals surface area (Å²) in [7, 11) is 0. The summed E-state index contributed by atoms with van der Waals surface area (Å²) in [6.45, 7) is 3.39. The van der Waals surface area contributed by atoms with E-state index in [1.807, 2.05) is 0 Å². The third-order valence-electron chi connectivity index (χ3n) is 6.57. The molecular weight excluding hydrogens is 254 g/mol. The van der Waals surface area contributed by atoms with Crippen molar-refractivity contribution in [2.45, 2.75) is 63.8 Å². The van der Waals surface area contributed by atoms with Gasteiger partial charge < -0.3 is 5.32 Å². The Morgan fingerprint density at radius 2 is 2.05 bits per heavy atom. The van der Waals surface area contributed by atoms with E-state index in [1.165, 1.54) is 38.5 Å². The van der Waals surface area contributed by atoms with Gasteiger partial charge >= 0.3 is 0 Å². The normalized spacial score (nSPS) is 35.1. The van der Waals surface area contributed by atoms with E-state index in [2.05, 4.69) is 36.5 Å². The molecular formula is C20H29N. The zero-order chi connectivity index (χ0) is 14.2. The van der Waals surface area contributed by atoms with Gasteiger partial charge in [0.15, 0.2) is 0 Å². The maximum Gasteiger partial charge on any atom is 0.0139 e. The summed E-state index contributed by atoms with van der Waals surface area (Å²) in [5.41, 5.74) is 3.25. The predicted octanol–water partition coefficient (Wildman–Crippen LogP) is 4.52. The molecule has 1 nitrogen and oxygen atoms in total. The zero-order valence-corrected chi connectivity index (χ0v) is 13.4. The van der Waals surface area contributed by atoms with E-state index in [1.54, 1.807) is 17.5 Å². The number of aryl methyl sites for hydroxylation is 1. The number of fused-ring (bicyclic) bond motifs is 3. The van der Waals surface area contributed by atoms with Crippen LogP contribution in [0.1, 0.15) is 62.5 Å². The Morgan fingerprint density at radius 3 is 2.81 bits per heavy atom. The maximum atomic E-state index is 3.85. The van der Waals surface area contributed by atoms with Gasteiger partial charge in [-0.05, 0) is 79.9 Å². The molecule has 1 N–H and O–H groups in total. The van der Waals surface area contributed by atoms with Gasteiger partial charge in [-0.25, -0.2) is 0 Å². The lowest BCUT2D eigenvalue weighted by molar-refractivity contribution is 0.261. The molecule has 21 heavy (non-hydrogen) atoms. The molecule has 4 rings (SSSR count). The first-order valence-corrected chi connectivity index (χ1v) is 9.16. The van der Waals surface area contributed by atoms with Crippen molar-refractivity contribution in [3.8, 4) is 0 Å². The van der Waals surface area contributed by atoms with Crippen LogP contribution in [0.3, 0.4) is 0 Å². The molecule has 0 saturated heterocycles.